The Morgan fingerprint density at radius 2 is 2.05 bits per heavy atom. The third-order valence-corrected chi connectivity index (χ3v) is 4.52. The van der Waals surface area contributed by atoms with E-state index in [0.29, 0.717) is 31.1 Å². The van der Waals surface area contributed by atoms with Gasteiger partial charge in [0.1, 0.15) is 0 Å². The molecule has 1 saturated heterocycles. The molecule has 0 unspecified atom stereocenters. The number of thiazole rings is 1. The van der Waals surface area contributed by atoms with Gasteiger partial charge in [0.15, 0.2) is 5.13 Å². The molecule has 2 rings (SSSR count). The monoisotopic (exact) mass is 310 g/mol. The highest BCUT2D eigenvalue weighted by atomic mass is 32.1. The molecule has 1 N–H and O–H groups in total. The van der Waals surface area contributed by atoms with Gasteiger partial charge in [0, 0.05) is 43.7 Å². The van der Waals surface area contributed by atoms with E-state index >= 15 is 0 Å². The van der Waals surface area contributed by atoms with Crippen molar-refractivity contribution in [2.24, 2.45) is 5.92 Å². The van der Waals surface area contributed by atoms with Gasteiger partial charge in [0.2, 0.25) is 5.91 Å². The second kappa shape index (κ2) is 7.40. The number of hydrogen-bond donors (Lipinski definition) is 1. The number of nitrogens with one attached hydrogen (secondary N) is 1. The van der Waals surface area contributed by atoms with Crippen LogP contribution in [0.3, 0.4) is 0 Å². The predicted molar refractivity (Wildman–Crippen MR) is 83.4 cm³/mol. The lowest BCUT2D eigenvalue weighted by Crippen LogP contribution is -2.47. The van der Waals surface area contributed by atoms with Crippen LogP contribution in [0.15, 0.2) is 11.6 Å². The molecule has 1 aliphatic heterocycles. The first-order chi connectivity index (χ1) is 10.2. The Kier molecular flexibility index (Phi) is 5.55. The normalized spacial score (nSPS) is 15.8. The molecule has 7 heteroatoms. The van der Waals surface area contributed by atoms with E-state index < -0.39 is 0 Å². The molecule has 6 nitrogen and oxygen atoms in total. The fraction of sp³-hybridized carbons (Fsp3) is 0.643. The van der Waals surface area contributed by atoms with Crippen molar-refractivity contribution in [1.29, 1.82) is 0 Å². The quantitative estimate of drug-likeness (QED) is 0.927. The molecule has 0 spiro atoms. The van der Waals surface area contributed by atoms with E-state index in [1.807, 2.05) is 29.0 Å². The average molecular weight is 310 g/mol. The summed E-state index contributed by atoms with van der Waals surface area (Å²) in [5, 5.41) is 5.31. The van der Waals surface area contributed by atoms with Gasteiger partial charge >= 0.3 is 6.03 Å². The smallest absolute Gasteiger partial charge is 0.319 e. The number of urea groups is 1. The van der Waals surface area contributed by atoms with Gasteiger partial charge in [-0.1, -0.05) is 0 Å². The van der Waals surface area contributed by atoms with Crippen LogP contribution in [0.4, 0.5) is 9.93 Å². The van der Waals surface area contributed by atoms with E-state index in [1.165, 1.54) is 11.3 Å². The Bertz CT molecular complexity index is 465. The van der Waals surface area contributed by atoms with Crippen molar-refractivity contribution >= 4 is 28.4 Å². The van der Waals surface area contributed by atoms with Gasteiger partial charge in [-0.15, -0.1) is 11.3 Å². The lowest BCUT2D eigenvalue weighted by Gasteiger charge is -2.34. The number of piperidine rings is 1. The molecule has 0 bridgehead atoms. The van der Waals surface area contributed by atoms with Crippen molar-refractivity contribution in [1.82, 2.24) is 14.8 Å². The largest absolute Gasteiger partial charge is 0.325 e. The van der Waals surface area contributed by atoms with Crippen LogP contribution in [-0.2, 0) is 4.79 Å². The number of hydrogen-bond acceptors (Lipinski definition) is 4. The van der Waals surface area contributed by atoms with Gasteiger partial charge in [-0.25, -0.2) is 9.78 Å². The molecular formula is C14H22N4O2S. The second-order valence-corrected chi connectivity index (χ2v) is 5.94. The SMILES string of the molecule is CCN(CC)C(=O)N1CCC(C(=O)Nc2nccs2)CC1. The highest BCUT2D eigenvalue weighted by molar-refractivity contribution is 7.13. The predicted octanol–water partition coefficient (Wildman–Crippen LogP) is 2.26. The molecule has 0 aromatic carbocycles. The number of anilines is 1. The number of aromatic nitrogens is 1. The van der Waals surface area contributed by atoms with E-state index in [0.717, 1.165) is 13.1 Å². The van der Waals surface area contributed by atoms with Crippen molar-refractivity contribution < 1.29 is 9.59 Å². The maximum Gasteiger partial charge on any atom is 0.319 e. The van der Waals surface area contributed by atoms with Crippen molar-refractivity contribution in [2.75, 3.05) is 31.5 Å². The fourth-order valence-corrected chi connectivity index (χ4v) is 3.05. The molecule has 1 aliphatic rings. The molecule has 1 aromatic heterocycles. The first-order valence-corrected chi connectivity index (χ1v) is 8.27. The molecular weight excluding hydrogens is 288 g/mol. The Morgan fingerprint density at radius 3 is 2.57 bits per heavy atom. The number of nitrogens with zero attached hydrogens (tertiary/aromatic N) is 3. The molecule has 1 fully saturated rings. The molecule has 0 atom stereocenters. The van der Waals surface area contributed by atoms with Gasteiger partial charge in [-0.05, 0) is 26.7 Å². The summed E-state index contributed by atoms with van der Waals surface area (Å²) in [5.74, 6) is -0.0189. The van der Waals surface area contributed by atoms with Crippen LogP contribution in [0, 0.1) is 5.92 Å². The van der Waals surface area contributed by atoms with Crippen molar-refractivity contribution in [3.05, 3.63) is 11.6 Å². The minimum Gasteiger partial charge on any atom is -0.325 e. The Hall–Kier alpha value is -1.63. The fourth-order valence-electron chi connectivity index (χ4n) is 2.52. The van der Waals surface area contributed by atoms with Crippen molar-refractivity contribution in [3.63, 3.8) is 0 Å². The minimum absolute atomic E-state index is 0.0138. The summed E-state index contributed by atoms with van der Waals surface area (Å²) in [7, 11) is 0. The molecule has 21 heavy (non-hydrogen) atoms. The zero-order chi connectivity index (χ0) is 15.2. The topological polar surface area (TPSA) is 65.5 Å². The van der Waals surface area contributed by atoms with E-state index in [4.69, 9.17) is 0 Å². The van der Waals surface area contributed by atoms with Gasteiger partial charge in [-0.2, -0.15) is 0 Å². The Labute approximate surface area is 129 Å². The molecule has 0 aliphatic carbocycles. The number of rotatable bonds is 4. The molecule has 3 amide bonds. The number of carbonyl (C=O) groups is 2. The van der Waals surface area contributed by atoms with E-state index in [9.17, 15) is 9.59 Å². The van der Waals surface area contributed by atoms with Crippen molar-refractivity contribution in [2.45, 2.75) is 26.7 Å². The lowest BCUT2D eigenvalue weighted by atomic mass is 9.96. The molecule has 0 radical (unpaired) electrons. The molecule has 116 valence electrons. The van der Waals surface area contributed by atoms with Crippen LogP contribution in [0.1, 0.15) is 26.7 Å². The van der Waals surface area contributed by atoms with Gasteiger partial charge in [0.05, 0.1) is 0 Å². The third-order valence-electron chi connectivity index (χ3n) is 3.83. The lowest BCUT2D eigenvalue weighted by molar-refractivity contribution is -0.121. The van der Waals surface area contributed by atoms with Crippen LogP contribution < -0.4 is 5.32 Å². The van der Waals surface area contributed by atoms with E-state index in [1.54, 1.807) is 6.20 Å². The number of amides is 3. The summed E-state index contributed by atoms with van der Waals surface area (Å²) in [4.78, 5) is 32.1. The van der Waals surface area contributed by atoms with Crippen LogP contribution in [0.2, 0.25) is 0 Å². The summed E-state index contributed by atoms with van der Waals surface area (Å²) in [6, 6.07) is 0.0822. The maximum atomic E-state index is 12.2. The molecule has 2 heterocycles. The maximum absolute atomic E-state index is 12.2. The van der Waals surface area contributed by atoms with Crippen molar-refractivity contribution in [3.8, 4) is 0 Å². The van der Waals surface area contributed by atoms with Crippen LogP contribution >= 0.6 is 11.3 Å². The zero-order valence-corrected chi connectivity index (χ0v) is 13.4. The zero-order valence-electron chi connectivity index (χ0n) is 12.5. The van der Waals surface area contributed by atoms with Crippen LogP contribution in [0.25, 0.3) is 0 Å². The van der Waals surface area contributed by atoms with Crippen LogP contribution in [0.5, 0.6) is 0 Å². The second-order valence-electron chi connectivity index (χ2n) is 5.04. The summed E-state index contributed by atoms with van der Waals surface area (Å²) in [5.41, 5.74) is 0. The summed E-state index contributed by atoms with van der Waals surface area (Å²) in [6.07, 6.45) is 3.10. The van der Waals surface area contributed by atoms with Crippen LogP contribution in [-0.4, -0.2) is 52.9 Å². The molecule has 1 aromatic rings. The Morgan fingerprint density at radius 1 is 1.38 bits per heavy atom. The van der Waals surface area contributed by atoms with Gasteiger partial charge < -0.3 is 15.1 Å². The average Bonchev–Trinajstić information content (AvgIpc) is 3.01. The Balaban J connectivity index is 1.82. The third kappa shape index (κ3) is 3.93. The highest BCUT2D eigenvalue weighted by Gasteiger charge is 2.29. The number of carbonyl (C=O) groups excluding carboxylic acids is 2. The molecule has 0 saturated carbocycles. The minimum atomic E-state index is -0.0327. The number of likely N-dealkylation sites (tertiary alicyclic amines) is 1. The summed E-state index contributed by atoms with van der Waals surface area (Å²) in [6.45, 7) is 6.70. The highest BCUT2D eigenvalue weighted by Crippen LogP contribution is 2.21. The standard InChI is InChI=1S/C14H22N4O2S/c1-3-17(4-2)14(20)18-8-5-11(6-9-18)12(19)16-13-15-7-10-21-13/h7,10-11H,3-6,8-9H2,1-2H3,(H,15,16,19). The first-order valence-electron chi connectivity index (χ1n) is 7.39. The first kappa shape index (κ1) is 15.8. The van der Waals surface area contributed by atoms with Gasteiger partial charge in [-0.3, -0.25) is 4.79 Å². The van der Waals surface area contributed by atoms with Gasteiger partial charge in [0.25, 0.3) is 0 Å². The summed E-state index contributed by atoms with van der Waals surface area (Å²) < 4.78 is 0. The van der Waals surface area contributed by atoms with E-state index in [2.05, 4.69) is 10.3 Å². The summed E-state index contributed by atoms with van der Waals surface area (Å²) >= 11 is 1.42. The van der Waals surface area contributed by atoms with E-state index in [-0.39, 0.29) is 17.9 Å².